The normalized spacial score (nSPS) is 15.2. The summed E-state index contributed by atoms with van der Waals surface area (Å²) in [6.07, 6.45) is 1.82. The lowest BCUT2D eigenvalue weighted by Crippen LogP contribution is -2.27. The fraction of sp³-hybridized carbons (Fsp3) is 0.471. The van der Waals surface area contributed by atoms with Crippen LogP contribution >= 0.6 is 0 Å². The molecule has 0 saturated carbocycles. The minimum Gasteiger partial charge on any atom is -0.478 e. The van der Waals surface area contributed by atoms with E-state index in [1.54, 1.807) is 6.07 Å². The Kier molecular flexibility index (Phi) is 3.93. The lowest BCUT2D eigenvalue weighted by molar-refractivity contribution is 0.0698. The van der Waals surface area contributed by atoms with E-state index in [0.717, 1.165) is 48.9 Å². The van der Waals surface area contributed by atoms with Gasteiger partial charge in [-0.25, -0.2) is 4.79 Å². The van der Waals surface area contributed by atoms with Gasteiger partial charge >= 0.3 is 5.97 Å². The Bertz CT molecular complexity index is 733. The number of carboxylic acids is 1. The van der Waals surface area contributed by atoms with Crippen LogP contribution in [0, 0.1) is 6.92 Å². The second-order valence-corrected chi connectivity index (χ2v) is 6.22. The van der Waals surface area contributed by atoms with Gasteiger partial charge in [-0.1, -0.05) is 0 Å². The molecule has 3 N–H and O–H groups in total. The predicted octanol–water partition coefficient (Wildman–Crippen LogP) is 1.98. The van der Waals surface area contributed by atoms with Crippen molar-refractivity contribution in [3.05, 3.63) is 34.5 Å². The standard InChI is InChI=1S/C17H23N3O2/c1-11-8-12-14-10-19(2)7-4-15(14)20(6-3-5-18)16(12)13(9-11)17(21)22/h8-9H,3-7,10,18H2,1-2H3,(H,21,22). The second-order valence-electron chi connectivity index (χ2n) is 6.22. The number of carboxylic acid groups (broad SMARTS) is 1. The quantitative estimate of drug-likeness (QED) is 0.906. The largest absolute Gasteiger partial charge is 0.478 e. The van der Waals surface area contributed by atoms with Crippen molar-refractivity contribution in [3.8, 4) is 0 Å². The first-order valence-electron chi connectivity index (χ1n) is 7.79. The molecule has 0 radical (unpaired) electrons. The van der Waals surface area contributed by atoms with E-state index in [2.05, 4.69) is 22.6 Å². The molecule has 0 aliphatic carbocycles. The highest BCUT2D eigenvalue weighted by atomic mass is 16.4. The van der Waals surface area contributed by atoms with Crippen LogP contribution in [0.15, 0.2) is 12.1 Å². The minimum absolute atomic E-state index is 0.407. The SMILES string of the molecule is Cc1cc(C(=O)O)c2c(c1)c1c(n2CCCN)CCN(C)C1. The number of hydrogen-bond acceptors (Lipinski definition) is 3. The summed E-state index contributed by atoms with van der Waals surface area (Å²) in [5, 5.41) is 10.7. The second kappa shape index (κ2) is 5.74. The highest BCUT2D eigenvalue weighted by Gasteiger charge is 2.25. The van der Waals surface area contributed by atoms with E-state index >= 15 is 0 Å². The van der Waals surface area contributed by atoms with Crippen LogP contribution in [-0.2, 0) is 19.5 Å². The van der Waals surface area contributed by atoms with Gasteiger partial charge < -0.3 is 20.3 Å². The summed E-state index contributed by atoms with van der Waals surface area (Å²) in [6, 6.07) is 3.90. The Hall–Kier alpha value is -1.85. The maximum absolute atomic E-state index is 11.7. The number of benzene rings is 1. The van der Waals surface area contributed by atoms with Crippen molar-refractivity contribution in [3.63, 3.8) is 0 Å². The molecule has 0 unspecified atom stereocenters. The summed E-state index contributed by atoms with van der Waals surface area (Å²) >= 11 is 0. The van der Waals surface area contributed by atoms with Gasteiger partial charge in [0, 0.05) is 37.1 Å². The Balaban J connectivity index is 2.31. The third kappa shape index (κ3) is 2.40. The number of carbonyl (C=O) groups is 1. The summed E-state index contributed by atoms with van der Waals surface area (Å²) in [5.74, 6) is -0.856. The van der Waals surface area contributed by atoms with Crippen LogP contribution in [0.1, 0.15) is 33.6 Å². The molecule has 3 rings (SSSR count). The number of hydrogen-bond donors (Lipinski definition) is 2. The molecule has 118 valence electrons. The minimum atomic E-state index is -0.856. The molecule has 0 fully saturated rings. The van der Waals surface area contributed by atoms with Crippen LogP contribution in [0.3, 0.4) is 0 Å². The fourth-order valence-corrected chi connectivity index (χ4v) is 3.52. The fourth-order valence-electron chi connectivity index (χ4n) is 3.52. The molecule has 1 aromatic carbocycles. The van der Waals surface area contributed by atoms with Gasteiger partial charge in [0.05, 0.1) is 11.1 Å². The van der Waals surface area contributed by atoms with Gasteiger partial charge in [-0.05, 0) is 50.2 Å². The lowest BCUT2D eigenvalue weighted by atomic mass is 10.0. The molecule has 5 nitrogen and oxygen atoms in total. The van der Waals surface area contributed by atoms with E-state index in [-0.39, 0.29) is 0 Å². The van der Waals surface area contributed by atoms with Crippen LogP contribution in [0.5, 0.6) is 0 Å². The molecule has 1 aliphatic rings. The highest BCUT2D eigenvalue weighted by Crippen LogP contribution is 2.33. The van der Waals surface area contributed by atoms with E-state index < -0.39 is 5.97 Å². The average molecular weight is 301 g/mol. The number of nitrogens with two attached hydrogens (primary N) is 1. The molecular weight excluding hydrogens is 278 g/mol. The number of aromatic nitrogens is 1. The molecule has 2 heterocycles. The van der Waals surface area contributed by atoms with Gasteiger partial charge in [0.15, 0.2) is 0 Å². The molecule has 5 heteroatoms. The number of aromatic carboxylic acids is 1. The summed E-state index contributed by atoms with van der Waals surface area (Å²) in [7, 11) is 2.11. The number of fused-ring (bicyclic) bond motifs is 3. The third-order valence-corrected chi connectivity index (χ3v) is 4.50. The van der Waals surface area contributed by atoms with Crippen LogP contribution < -0.4 is 5.73 Å². The van der Waals surface area contributed by atoms with Crippen LogP contribution in [0.2, 0.25) is 0 Å². The Morgan fingerprint density at radius 2 is 2.18 bits per heavy atom. The van der Waals surface area contributed by atoms with E-state index in [1.165, 1.54) is 11.3 Å². The molecule has 0 atom stereocenters. The number of likely N-dealkylation sites (N-methyl/N-ethyl adjacent to an activating group) is 1. The average Bonchev–Trinajstić information content (AvgIpc) is 2.77. The maximum Gasteiger partial charge on any atom is 0.337 e. The van der Waals surface area contributed by atoms with Crippen LogP contribution in [-0.4, -0.2) is 40.7 Å². The smallest absolute Gasteiger partial charge is 0.337 e. The van der Waals surface area contributed by atoms with Crippen molar-refractivity contribution < 1.29 is 9.90 Å². The first-order chi connectivity index (χ1) is 10.5. The van der Waals surface area contributed by atoms with Gasteiger partial charge in [0.2, 0.25) is 0 Å². The van der Waals surface area contributed by atoms with Crippen molar-refractivity contribution in [2.45, 2.75) is 32.9 Å². The van der Waals surface area contributed by atoms with Gasteiger partial charge in [-0.15, -0.1) is 0 Å². The lowest BCUT2D eigenvalue weighted by Gasteiger charge is -2.24. The van der Waals surface area contributed by atoms with E-state index in [1.807, 2.05) is 6.92 Å². The first-order valence-corrected chi connectivity index (χ1v) is 7.79. The molecule has 0 bridgehead atoms. The monoisotopic (exact) mass is 301 g/mol. The Labute approximate surface area is 130 Å². The number of rotatable bonds is 4. The Morgan fingerprint density at radius 1 is 1.41 bits per heavy atom. The topological polar surface area (TPSA) is 71.5 Å². The van der Waals surface area contributed by atoms with E-state index in [4.69, 9.17) is 5.73 Å². The molecule has 0 spiro atoms. The number of nitrogens with zero attached hydrogens (tertiary/aromatic N) is 2. The van der Waals surface area contributed by atoms with Crippen molar-refractivity contribution in [1.82, 2.24) is 9.47 Å². The van der Waals surface area contributed by atoms with Gasteiger partial charge in [0.1, 0.15) is 0 Å². The third-order valence-electron chi connectivity index (χ3n) is 4.50. The first kappa shape index (κ1) is 15.1. The molecule has 0 saturated heterocycles. The zero-order chi connectivity index (χ0) is 15.9. The highest BCUT2D eigenvalue weighted by molar-refractivity contribution is 6.04. The van der Waals surface area contributed by atoms with E-state index in [0.29, 0.717) is 12.1 Å². The maximum atomic E-state index is 11.7. The van der Waals surface area contributed by atoms with Gasteiger partial charge in [-0.2, -0.15) is 0 Å². The predicted molar refractivity (Wildman–Crippen MR) is 87.3 cm³/mol. The summed E-state index contributed by atoms with van der Waals surface area (Å²) in [5.41, 5.74) is 10.5. The van der Waals surface area contributed by atoms with Crippen molar-refractivity contribution in [2.24, 2.45) is 5.73 Å². The van der Waals surface area contributed by atoms with Gasteiger partial charge in [-0.3, -0.25) is 0 Å². The van der Waals surface area contributed by atoms with Crippen molar-refractivity contribution >= 4 is 16.9 Å². The zero-order valence-corrected chi connectivity index (χ0v) is 13.2. The van der Waals surface area contributed by atoms with Crippen LogP contribution in [0.25, 0.3) is 10.9 Å². The molecular formula is C17H23N3O2. The van der Waals surface area contributed by atoms with Crippen molar-refractivity contribution in [2.75, 3.05) is 20.1 Å². The summed E-state index contributed by atoms with van der Waals surface area (Å²) in [6.45, 7) is 5.25. The zero-order valence-electron chi connectivity index (χ0n) is 13.2. The molecule has 1 aromatic heterocycles. The molecule has 22 heavy (non-hydrogen) atoms. The summed E-state index contributed by atoms with van der Waals surface area (Å²) in [4.78, 5) is 14.0. The molecule has 0 amide bonds. The summed E-state index contributed by atoms with van der Waals surface area (Å²) < 4.78 is 2.20. The van der Waals surface area contributed by atoms with Crippen LogP contribution in [0.4, 0.5) is 0 Å². The molecule has 1 aliphatic heterocycles. The number of aryl methyl sites for hydroxylation is 2. The van der Waals surface area contributed by atoms with Crippen molar-refractivity contribution in [1.29, 1.82) is 0 Å². The van der Waals surface area contributed by atoms with E-state index in [9.17, 15) is 9.90 Å². The molecule has 2 aromatic rings. The Morgan fingerprint density at radius 3 is 2.86 bits per heavy atom. The van der Waals surface area contributed by atoms with Gasteiger partial charge in [0.25, 0.3) is 0 Å².